The van der Waals surface area contributed by atoms with Gasteiger partial charge in [-0.3, -0.25) is 0 Å². The van der Waals surface area contributed by atoms with Gasteiger partial charge >= 0.3 is 6.18 Å². The minimum Gasteiger partial charge on any atom is -0.465 e. The maximum Gasteiger partial charge on any atom is 0.437 e. The summed E-state index contributed by atoms with van der Waals surface area (Å²) in [5.74, 6) is -1.77. The molecule has 1 heterocycles. The molecule has 0 unspecified atom stereocenters. The number of alkyl halides is 3. The van der Waals surface area contributed by atoms with Crippen LogP contribution in [0.3, 0.4) is 0 Å². The van der Waals surface area contributed by atoms with E-state index in [1.807, 2.05) is 0 Å². The zero-order valence-corrected chi connectivity index (χ0v) is 11.9. The number of nitrogens with zero attached hydrogens (tertiary/aromatic N) is 1. The molecule has 0 aromatic carbocycles. The molecule has 0 aliphatic rings. The first-order chi connectivity index (χ1) is 8.86. The fraction of sp³-hybridized carbons (Fsp3) is 0.500. The summed E-state index contributed by atoms with van der Waals surface area (Å²) in [6.07, 6.45) is -4.80. The first kappa shape index (κ1) is 16.4. The summed E-state index contributed by atoms with van der Waals surface area (Å²) in [4.78, 5) is 2.85. The Hall–Kier alpha value is -0.680. The first-order valence-electron chi connectivity index (χ1n) is 4.99. The molecule has 0 atom stereocenters. The maximum absolute atomic E-state index is 13.1. The topological polar surface area (TPSA) is 40.6 Å². The molecule has 19 heavy (non-hydrogen) atoms. The average molecular weight is 395 g/mol. The lowest BCUT2D eigenvalue weighted by Gasteiger charge is -2.13. The Labute approximate surface area is 120 Å². The molecule has 0 aliphatic heterocycles. The predicted molar refractivity (Wildman–Crippen MR) is 65.2 cm³/mol. The van der Waals surface area contributed by atoms with Crippen LogP contribution < -0.4 is 4.74 Å². The molecule has 1 aromatic rings. The van der Waals surface area contributed by atoms with Gasteiger partial charge in [0.1, 0.15) is 0 Å². The fourth-order valence-electron chi connectivity index (χ4n) is 1.07. The highest BCUT2D eigenvalue weighted by atomic mass is 127. The van der Waals surface area contributed by atoms with E-state index < -0.39 is 30.4 Å². The molecule has 4 nitrogen and oxygen atoms in total. The first-order valence-corrected chi connectivity index (χ1v) is 6.07. The second-order valence-corrected chi connectivity index (χ2v) is 4.43. The number of hydrogen-bond acceptors (Lipinski definition) is 4. The van der Waals surface area contributed by atoms with Gasteiger partial charge in [0.05, 0.1) is 16.8 Å². The second-order valence-electron chi connectivity index (χ2n) is 3.27. The van der Waals surface area contributed by atoms with Crippen molar-refractivity contribution in [3.63, 3.8) is 0 Å². The Balaban J connectivity index is 2.78. The minimum atomic E-state index is -4.80. The molecular weight excluding hydrogens is 385 g/mol. The van der Waals surface area contributed by atoms with Gasteiger partial charge in [0, 0.05) is 13.2 Å². The highest BCUT2D eigenvalue weighted by Gasteiger charge is 2.37. The summed E-state index contributed by atoms with van der Waals surface area (Å²) in [6.45, 7) is 0.0497. The molecule has 0 saturated carbocycles. The Morgan fingerprint density at radius 3 is 2.58 bits per heavy atom. The smallest absolute Gasteiger partial charge is 0.437 e. The van der Waals surface area contributed by atoms with Gasteiger partial charge in [0.15, 0.2) is 18.2 Å². The monoisotopic (exact) mass is 395 g/mol. The van der Waals surface area contributed by atoms with E-state index in [1.165, 1.54) is 29.7 Å². The van der Waals surface area contributed by atoms with Gasteiger partial charge in [-0.1, -0.05) is 0 Å². The van der Waals surface area contributed by atoms with Crippen molar-refractivity contribution in [2.75, 3.05) is 27.1 Å². The zero-order chi connectivity index (χ0) is 14.5. The van der Waals surface area contributed by atoms with Crippen molar-refractivity contribution in [2.24, 2.45) is 0 Å². The molecule has 0 bridgehead atoms. The minimum absolute atomic E-state index is 0.0718. The molecule has 0 N–H and O–H groups in total. The molecule has 0 spiro atoms. The highest BCUT2D eigenvalue weighted by Crippen LogP contribution is 2.35. The van der Waals surface area contributed by atoms with Gasteiger partial charge in [-0.25, -0.2) is 4.98 Å². The standard InChI is InChI=1S/C10H10F4INO3/c1-17-2-3-18-5-19-7-4-6(15)9(11)16-8(7)10(12,13)14/h4H,2-3,5H2,1H3. The third-order valence-corrected chi connectivity index (χ3v) is 2.65. The molecule has 0 saturated heterocycles. The number of methoxy groups -OCH3 is 1. The Bertz CT molecular complexity index is 428. The predicted octanol–water partition coefficient (Wildman–Crippen LogP) is 2.84. The van der Waals surface area contributed by atoms with Crippen molar-refractivity contribution in [1.82, 2.24) is 4.98 Å². The van der Waals surface area contributed by atoms with Crippen molar-refractivity contribution in [3.05, 3.63) is 21.3 Å². The van der Waals surface area contributed by atoms with Crippen LogP contribution >= 0.6 is 22.6 Å². The van der Waals surface area contributed by atoms with Crippen molar-refractivity contribution in [2.45, 2.75) is 6.18 Å². The van der Waals surface area contributed by atoms with Crippen LogP contribution in [0.15, 0.2) is 6.07 Å². The number of pyridine rings is 1. The van der Waals surface area contributed by atoms with Crippen molar-refractivity contribution in [1.29, 1.82) is 0 Å². The lowest BCUT2D eigenvalue weighted by molar-refractivity contribution is -0.144. The third kappa shape index (κ3) is 5.07. The number of aromatic nitrogens is 1. The van der Waals surface area contributed by atoms with Crippen LogP contribution in [0.2, 0.25) is 0 Å². The van der Waals surface area contributed by atoms with Gasteiger partial charge in [-0.2, -0.15) is 17.6 Å². The van der Waals surface area contributed by atoms with E-state index >= 15 is 0 Å². The highest BCUT2D eigenvalue weighted by molar-refractivity contribution is 14.1. The van der Waals surface area contributed by atoms with E-state index in [1.54, 1.807) is 0 Å². The lowest BCUT2D eigenvalue weighted by atomic mass is 10.3. The summed E-state index contributed by atoms with van der Waals surface area (Å²) in [6, 6.07) is 0.922. The van der Waals surface area contributed by atoms with E-state index in [0.29, 0.717) is 0 Å². The molecule has 0 amide bonds. The number of halogens is 5. The summed E-state index contributed by atoms with van der Waals surface area (Å²) >= 11 is 1.52. The lowest BCUT2D eigenvalue weighted by Crippen LogP contribution is -2.15. The van der Waals surface area contributed by atoms with Gasteiger partial charge in [0.25, 0.3) is 0 Å². The summed E-state index contributed by atoms with van der Waals surface area (Å²) in [5.41, 5.74) is -1.42. The molecule has 0 fully saturated rings. The van der Waals surface area contributed by atoms with Crippen LogP contribution in [0, 0.1) is 9.52 Å². The van der Waals surface area contributed by atoms with Crippen LogP contribution in [0.1, 0.15) is 5.69 Å². The zero-order valence-electron chi connectivity index (χ0n) is 9.76. The largest absolute Gasteiger partial charge is 0.465 e. The van der Waals surface area contributed by atoms with Gasteiger partial charge < -0.3 is 14.2 Å². The Morgan fingerprint density at radius 2 is 2.00 bits per heavy atom. The van der Waals surface area contributed by atoms with Crippen LogP contribution in [-0.4, -0.2) is 32.1 Å². The van der Waals surface area contributed by atoms with E-state index in [4.69, 9.17) is 9.47 Å². The molecule has 1 rings (SSSR count). The molecule has 1 aromatic heterocycles. The Morgan fingerprint density at radius 1 is 1.32 bits per heavy atom. The molecule has 9 heteroatoms. The number of ether oxygens (including phenoxy) is 3. The molecule has 108 valence electrons. The van der Waals surface area contributed by atoms with Crippen molar-refractivity contribution in [3.8, 4) is 5.75 Å². The quantitative estimate of drug-likeness (QED) is 0.244. The number of hydrogen-bond donors (Lipinski definition) is 0. The average Bonchev–Trinajstić information content (AvgIpc) is 2.31. The van der Waals surface area contributed by atoms with Crippen LogP contribution in [0.5, 0.6) is 5.75 Å². The summed E-state index contributed by atoms with van der Waals surface area (Å²) in [5, 5.41) is 0. The van der Waals surface area contributed by atoms with E-state index in [2.05, 4.69) is 9.72 Å². The molecular formula is C10H10F4INO3. The SMILES string of the molecule is COCCOCOc1cc(I)c(F)nc1C(F)(F)F. The third-order valence-electron chi connectivity index (χ3n) is 1.90. The van der Waals surface area contributed by atoms with Crippen molar-refractivity contribution >= 4 is 22.6 Å². The summed E-state index contributed by atoms with van der Waals surface area (Å²) < 4.78 is 65.2. The van der Waals surface area contributed by atoms with Gasteiger partial charge in [0.2, 0.25) is 5.95 Å². The molecule has 0 aliphatic carbocycles. The fourth-order valence-corrected chi connectivity index (χ4v) is 1.47. The maximum atomic E-state index is 13.1. The van der Waals surface area contributed by atoms with E-state index in [9.17, 15) is 17.6 Å². The Kier molecular flexibility index (Phi) is 6.20. The van der Waals surface area contributed by atoms with E-state index in [0.717, 1.165) is 6.07 Å². The molecule has 0 radical (unpaired) electrons. The van der Waals surface area contributed by atoms with Crippen LogP contribution in [0.4, 0.5) is 17.6 Å². The van der Waals surface area contributed by atoms with Crippen molar-refractivity contribution < 1.29 is 31.8 Å². The van der Waals surface area contributed by atoms with Crippen LogP contribution in [-0.2, 0) is 15.7 Å². The van der Waals surface area contributed by atoms with E-state index in [-0.39, 0.29) is 16.8 Å². The van der Waals surface area contributed by atoms with Gasteiger partial charge in [-0.05, 0) is 22.6 Å². The normalized spacial score (nSPS) is 11.7. The van der Waals surface area contributed by atoms with Gasteiger partial charge in [-0.15, -0.1) is 0 Å². The van der Waals surface area contributed by atoms with Crippen LogP contribution in [0.25, 0.3) is 0 Å². The second kappa shape index (κ2) is 7.20. The summed E-state index contributed by atoms with van der Waals surface area (Å²) in [7, 11) is 1.46. The number of rotatable bonds is 6.